The summed E-state index contributed by atoms with van der Waals surface area (Å²) in [5.41, 5.74) is -3.89. The van der Waals surface area contributed by atoms with Crippen molar-refractivity contribution in [2.75, 3.05) is 57.0 Å². The van der Waals surface area contributed by atoms with Gasteiger partial charge >= 0.3 is 16.3 Å². The first-order chi connectivity index (χ1) is 22.9. The molecule has 15 nitrogen and oxygen atoms in total. The van der Waals surface area contributed by atoms with E-state index in [2.05, 4.69) is 15.3 Å². The van der Waals surface area contributed by atoms with Gasteiger partial charge in [-0.05, 0) is 45.4 Å². The number of nitrogens with zero attached hydrogens (tertiary/aromatic N) is 4. The largest absolute Gasteiger partial charge is 0.444 e. The van der Waals surface area contributed by atoms with E-state index in [1.165, 1.54) is 0 Å². The maximum absolute atomic E-state index is 15.9. The number of anilines is 1. The second-order valence-electron chi connectivity index (χ2n) is 12.0. The van der Waals surface area contributed by atoms with Crippen molar-refractivity contribution in [3.8, 4) is 11.1 Å². The Kier molecular flexibility index (Phi) is 11.9. The van der Waals surface area contributed by atoms with E-state index >= 15 is 8.78 Å². The van der Waals surface area contributed by atoms with Gasteiger partial charge in [-0.3, -0.25) is 14.1 Å². The third-order valence-corrected chi connectivity index (χ3v) is 9.26. The highest BCUT2D eigenvalue weighted by Crippen LogP contribution is 2.31. The number of rotatable bonds is 14. The smallest absolute Gasteiger partial charge is 0.407 e. The molecule has 0 unspecified atom stereocenters. The summed E-state index contributed by atoms with van der Waals surface area (Å²) >= 11 is 0. The van der Waals surface area contributed by atoms with Crippen molar-refractivity contribution in [3.63, 3.8) is 0 Å². The molecule has 0 radical (unpaired) electrons. The monoisotopic (exact) mass is 734 g/mol. The van der Waals surface area contributed by atoms with Crippen molar-refractivity contribution in [3.05, 3.63) is 46.4 Å². The lowest BCUT2D eigenvalue weighted by molar-refractivity contribution is 0.0383. The zero-order valence-electron chi connectivity index (χ0n) is 27.2. The Bertz CT molecular complexity index is 1970. The number of hydrogen-bond donors (Lipinski definition) is 2. The Hall–Kier alpha value is -3.85. The van der Waals surface area contributed by atoms with Crippen molar-refractivity contribution in [1.82, 2.24) is 24.2 Å². The van der Waals surface area contributed by atoms with Crippen LogP contribution in [0.1, 0.15) is 27.2 Å². The molecule has 0 spiro atoms. The first-order valence-electron chi connectivity index (χ1n) is 15.0. The molecule has 0 bridgehead atoms. The van der Waals surface area contributed by atoms with Crippen LogP contribution in [0.3, 0.4) is 0 Å². The van der Waals surface area contributed by atoms with Crippen molar-refractivity contribution < 1.29 is 49.0 Å². The van der Waals surface area contributed by atoms with Gasteiger partial charge in [-0.1, -0.05) is 0 Å². The van der Waals surface area contributed by atoms with Gasteiger partial charge in [0, 0.05) is 37.5 Å². The minimum absolute atomic E-state index is 0.0398. The zero-order chi connectivity index (χ0) is 36.1. The minimum atomic E-state index is -4.42. The number of benzene rings is 1. The summed E-state index contributed by atoms with van der Waals surface area (Å²) in [4.78, 5) is 33.3. The molecule has 3 heterocycles. The first kappa shape index (κ1) is 38.0. The number of fused-ring (bicyclic) bond motifs is 1. The lowest BCUT2D eigenvalue weighted by Gasteiger charge is -2.19. The molecule has 1 aromatic carbocycles. The average molecular weight is 735 g/mol. The van der Waals surface area contributed by atoms with E-state index in [4.69, 9.17) is 14.2 Å². The van der Waals surface area contributed by atoms with Crippen LogP contribution in [0.4, 0.5) is 23.7 Å². The van der Waals surface area contributed by atoms with Crippen LogP contribution in [-0.4, -0.2) is 106 Å². The molecule has 0 saturated carbocycles. The van der Waals surface area contributed by atoms with E-state index in [-0.39, 0.29) is 63.5 Å². The van der Waals surface area contributed by atoms with Crippen molar-refractivity contribution in [1.29, 1.82) is 0 Å². The van der Waals surface area contributed by atoms with Gasteiger partial charge in [0.25, 0.3) is 5.56 Å². The molecule has 4 rings (SSSR count). The maximum atomic E-state index is 15.9. The number of aromatic nitrogens is 3. The zero-order valence-corrected chi connectivity index (χ0v) is 28.8. The number of nitrogens with one attached hydrogen (secondary N) is 2. The Balaban J connectivity index is 1.55. The van der Waals surface area contributed by atoms with Gasteiger partial charge in [-0.15, -0.1) is 0 Å². The van der Waals surface area contributed by atoms with Gasteiger partial charge in [0.15, 0.2) is 5.82 Å². The normalized spacial score (nSPS) is 15.9. The van der Waals surface area contributed by atoms with Gasteiger partial charge in [-0.25, -0.2) is 31.4 Å². The molecular formula is C29H37F3N6O9S2. The number of alkyl carbamates (subject to hydrolysis) is 1. The molecule has 1 amide bonds. The number of hydrogen-bond acceptors (Lipinski definition) is 11. The van der Waals surface area contributed by atoms with Crippen LogP contribution in [0.5, 0.6) is 0 Å². The van der Waals surface area contributed by atoms with Crippen molar-refractivity contribution in [2.24, 2.45) is 0 Å². The lowest BCUT2D eigenvalue weighted by atomic mass is 10.0. The quantitative estimate of drug-likeness (QED) is 0.183. The highest BCUT2D eigenvalue weighted by atomic mass is 32.2. The van der Waals surface area contributed by atoms with Crippen LogP contribution < -0.4 is 15.6 Å². The number of ether oxygens (including phenoxy) is 3. The van der Waals surface area contributed by atoms with E-state index in [0.717, 1.165) is 39.5 Å². The van der Waals surface area contributed by atoms with Crippen LogP contribution in [-0.2, 0) is 40.8 Å². The Morgan fingerprint density at radius 2 is 1.78 bits per heavy atom. The molecule has 2 aromatic heterocycles. The number of carbonyl (C=O) groups is 1. The summed E-state index contributed by atoms with van der Waals surface area (Å²) in [7, 11) is -8.34. The van der Waals surface area contributed by atoms with E-state index in [0.29, 0.717) is 0 Å². The molecule has 49 heavy (non-hydrogen) atoms. The summed E-state index contributed by atoms with van der Waals surface area (Å²) in [6.45, 7) is 4.70. The second-order valence-corrected chi connectivity index (χ2v) is 15.6. The molecule has 270 valence electrons. The number of alkyl halides is 1. The Morgan fingerprint density at radius 3 is 2.41 bits per heavy atom. The third kappa shape index (κ3) is 9.87. The average Bonchev–Trinajstić information content (AvgIpc) is 3.45. The van der Waals surface area contributed by atoms with E-state index < -0.39 is 83.6 Å². The summed E-state index contributed by atoms with van der Waals surface area (Å²) < 4.78 is 114. The number of sulfone groups is 1. The van der Waals surface area contributed by atoms with Gasteiger partial charge in [-0.2, -0.15) is 17.7 Å². The van der Waals surface area contributed by atoms with Gasteiger partial charge < -0.3 is 19.5 Å². The molecule has 2 N–H and O–H groups in total. The van der Waals surface area contributed by atoms with E-state index in [1.807, 2.05) is 4.72 Å². The lowest BCUT2D eigenvalue weighted by Crippen LogP contribution is -2.34. The number of carbonyl (C=O) groups excluding carboxylic acids is 1. The summed E-state index contributed by atoms with van der Waals surface area (Å²) in [6.07, 6.45) is -0.0921. The number of halogens is 3. The predicted octanol–water partition coefficient (Wildman–Crippen LogP) is 2.40. The SMILES string of the molecule is CC(C)(C)OC(=O)NCCOCCOCCn1c(=O)c(-c2c(F)ccc(NS(=O)(=O)N3CC[C@@H](F)C3)c2F)cc2cnc(S(C)(=O)=O)nc21. The summed E-state index contributed by atoms with van der Waals surface area (Å²) in [5, 5.41) is 1.98. The fourth-order valence-electron chi connectivity index (χ4n) is 4.71. The van der Waals surface area contributed by atoms with E-state index in [1.54, 1.807) is 20.8 Å². The van der Waals surface area contributed by atoms with Crippen molar-refractivity contribution >= 4 is 42.9 Å². The highest BCUT2D eigenvalue weighted by Gasteiger charge is 2.32. The van der Waals surface area contributed by atoms with E-state index in [9.17, 15) is 30.8 Å². The van der Waals surface area contributed by atoms with Gasteiger partial charge in [0.05, 0.1) is 49.8 Å². The number of pyridine rings is 1. The molecule has 1 atom stereocenters. The van der Waals surface area contributed by atoms with Gasteiger partial charge in [0.2, 0.25) is 15.0 Å². The summed E-state index contributed by atoms with van der Waals surface area (Å²) in [5.74, 6) is -2.61. The molecule has 20 heteroatoms. The molecular weight excluding hydrogens is 697 g/mol. The summed E-state index contributed by atoms with van der Waals surface area (Å²) in [6, 6.07) is 2.66. The fraction of sp³-hybridized carbons (Fsp3) is 0.517. The molecule has 1 aliphatic heterocycles. The standard InChI is InChI=1S/C29H37F3N6O9S2/c1-29(2,3)47-28(40)33-8-11-45-13-14-46-12-10-38-25-18(16-34-27(35-25)48(4,41)42)15-20(26(38)39)23-21(31)5-6-22(24(23)32)36-49(43,44)37-9-7-19(30)17-37/h5-6,15-16,19,36H,7-14,17H2,1-4H3,(H,33,40)/t19-/m1/s1. The molecule has 3 aromatic rings. The highest BCUT2D eigenvalue weighted by molar-refractivity contribution is 7.90. The third-order valence-electron chi connectivity index (χ3n) is 6.92. The molecule has 1 saturated heterocycles. The topological polar surface area (TPSA) is 188 Å². The van der Waals surface area contributed by atoms with Crippen LogP contribution >= 0.6 is 0 Å². The Labute approximate surface area is 280 Å². The predicted molar refractivity (Wildman–Crippen MR) is 172 cm³/mol. The number of amides is 1. The van der Waals surface area contributed by atoms with Crippen LogP contribution in [0, 0.1) is 11.6 Å². The first-order valence-corrected chi connectivity index (χ1v) is 18.3. The van der Waals surface area contributed by atoms with Crippen molar-refractivity contribution in [2.45, 2.75) is 50.7 Å². The van der Waals surface area contributed by atoms with Gasteiger partial charge in [0.1, 0.15) is 23.2 Å². The molecule has 1 aliphatic rings. The van der Waals surface area contributed by atoms with Crippen LogP contribution in [0.15, 0.2) is 34.3 Å². The van der Waals surface area contributed by atoms with Crippen LogP contribution in [0.2, 0.25) is 0 Å². The molecule has 0 aliphatic carbocycles. The molecule has 1 fully saturated rings. The van der Waals surface area contributed by atoms with Crippen LogP contribution in [0.25, 0.3) is 22.2 Å². The minimum Gasteiger partial charge on any atom is -0.444 e. The maximum Gasteiger partial charge on any atom is 0.407 e. The fourth-order valence-corrected chi connectivity index (χ4v) is 6.48. The Morgan fingerprint density at radius 1 is 1.08 bits per heavy atom. The second kappa shape index (κ2) is 15.4.